The van der Waals surface area contributed by atoms with Gasteiger partial charge in [-0.2, -0.15) is 10.5 Å². The van der Waals surface area contributed by atoms with Crippen LogP contribution in [0.3, 0.4) is 0 Å². The molecular formula is C30H19ClN6O2S. The number of imide groups is 1. The lowest BCUT2D eigenvalue weighted by Gasteiger charge is -2.41. The third-order valence-corrected chi connectivity index (χ3v) is 8.58. The van der Waals surface area contributed by atoms with Gasteiger partial charge in [-0.05, 0) is 23.8 Å². The first-order valence-electron chi connectivity index (χ1n) is 12.4. The van der Waals surface area contributed by atoms with Crippen molar-refractivity contribution in [2.24, 2.45) is 0 Å². The number of aromatic nitrogens is 2. The molecule has 0 saturated carbocycles. The van der Waals surface area contributed by atoms with Crippen LogP contribution < -0.4 is 4.90 Å². The number of fused-ring (bicyclic) bond motifs is 2. The van der Waals surface area contributed by atoms with E-state index in [2.05, 4.69) is 22.1 Å². The molecule has 0 radical (unpaired) electrons. The Morgan fingerprint density at radius 1 is 1.00 bits per heavy atom. The molecule has 2 aromatic heterocycles. The number of amides is 3. The van der Waals surface area contributed by atoms with E-state index in [4.69, 9.17) is 11.6 Å². The van der Waals surface area contributed by atoms with E-state index in [-0.39, 0.29) is 18.9 Å². The highest BCUT2D eigenvalue weighted by atomic mass is 35.5. The Hall–Kier alpha value is -4.70. The van der Waals surface area contributed by atoms with E-state index >= 15 is 0 Å². The van der Waals surface area contributed by atoms with Gasteiger partial charge in [0.15, 0.2) is 0 Å². The molecule has 4 aromatic rings. The standard InChI is InChI=1S/C30H19ClN6O2S/c31-23-8-3-7-22(20-11-18(13-33)14-34-16-20)27(23)26-12-24-28(40-26)29(38)37(30(39)36(24)10-4-9-32)25-17-35-15-19-5-1-2-6-21(19)25/h1-3,5-8,11-12,14-17,24,28H,4,10H2. The van der Waals surface area contributed by atoms with Crippen molar-refractivity contribution < 1.29 is 9.59 Å². The predicted molar refractivity (Wildman–Crippen MR) is 154 cm³/mol. The molecule has 2 aliphatic rings. The average Bonchev–Trinajstić information content (AvgIpc) is 3.42. The molecule has 1 saturated heterocycles. The maximum absolute atomic E-state index is 14.0. The van der Waals surface area contributed by atoms with Crippen LogP contribution in [0.25, 0.3) is 26.8 Å². The van der Waals surface area contributed by atoms with Gasteiger partial charge in [0.2, 0.25) is 0 Å². The van der Waals surface area contributed by atoms with Crippen LogP contribution in [0.5, 0.6) is 0 Å². The molecule has 3 amide bonds. The van der Waals surface area contributed by atoms with E-state index in [1.807, 2.05) is 42.5 Å². The van der Waals surface area contributed by atoms with E-state index in [9.17, 15) is 20.1 Å². The number of hydrogen-bond donors (Lipinski definition) is 0. The third kappa shape index (κ3) is 4.26. The fraction of sp³-hybridized carbons (Fsp3) is 0.133. The number of halogens is 1. The van der Waals surface area contributed by atoms with Crippen LogP contribution in [0.4, 0.5) is 10.5 Å². The Morgan fingerprint density at radius 3 is 2.65 bits per heavy atom. The van der Waals surface area contributed by atoms with E-state index in [1.54, 1.807) is 29.4 Å². The van der Waals surface area contributed by atoms with Gasteiger partial charge in [0.25, 0.3) is 5.91 Å². The fourth-order valence-electron chi connectivity index (χ4n) is 5.14. The molecule has 6 rings (SSSR count). The van der Waals surface area contributed by atoms with Crippen molar-refractivity contribution in [1.29, 1.82) is 10.5 Å². The summed E-state index contributed by atoms with van der Waals surface area (Å²) in [4.78, 5) is 39.9. The smallest absolute Gasteiger partial charge is 0.315 e. The highest BCUT2D eigenvalue weighted by Gasteiger charge is 2.50. The first-order chi connectivity index (χ1) is 19.5. The van der Waals surface area contributed by atoms with Crippen molar-refractivity contribution in [3.05, 3.63) is 95.5 Å². The minimum absolute atomic E-state index is 0.114. The van der Waals surface area contributed by atoms with Crippen LogP contribution in [-0.4, -0.2) is 44.6 Å². The van der Waals surface area contributed by atoms with Gasteiger partial charge in [-0.15, -0.1) is 11.8 Å². The molecule has 40 heavy (non-hydrogen) atoms. The Labute approximate surface area is 239 Å². The summed E-state index contributed by atoms with van der Waals surface area (Å²) in [5, 5.41) is 20.1. The normalized spacial score (nSPS) is 18.3. The number of thioether (sulfide) groups is 1. The minimum Gasteiger partial charge on any atom is -0.315 e. The van der Waals surface area contributed by atoms with E-state index in [0.717, 1.165) is 21.2 Å². The molecule has 0 N–H and O–H groups in total. The lowest BCUT2D eigenvalue weighted by Crippen LogP contribution is -2.62. The van der Waals surface area contributed by atoms with Crippen LogP contribution in [0.15, 0.2) is 79.4 Å². The van der Waals surface area contributed by atoms with Crippen LogP contribution >= 0.6 is 23.4 Å². The second-order valence-corrected chi connectivity index (χ2v) is 10.8. The zero-order valence-corrected chi connectivity index (χ0v) is 22.4. The highest BCUT2D eigenvalue weighted by Crippen LogP contribution is 2.49. The van der Waals surface area contributed by atoms with Crippen molar-refractivity contribution in [2.75, 3.05) is 11.4 Å². The van der Waals surface area contributed by atoms with Gasteiger partial charge in [-0.3, -0.25) is 14.8 Å². The number of carbonyl (C=O) groups excluding carboxylic acids is 2. The monoisotopic (exact) mass is 562 g/mol. The van der Waals surface area contributed by atoms with Gasteiger partial charge < -0.3 is 4.90 Å². The fourth-order valence-corrected chi connectivity index (χ4v) is 6.87. The number of rotatable bonds is 5. The summed E-state index contributed by atoms with van der Waals surface area (Å²) in [6, 6.07) is 17.8. The number of urea groups is 1. The summed E-state index contributed by atoms with van der Waals surface area (Å²) in [5.74, 6) is -0.362. The van der Waals surface area contributed by atoms with Crippen LogP contribution in [0, 0.1) is 22.7 Å². The van der Waals surface area contributed by atoms with E-state index in [0.29, 0.717) is 27.4 Å². The van der Waals surface area contributed by atoms with Crippen molar-refractivity contribution in [3.63, 3.8) is 0 Å². The summed E-state index contributed by atoms with van der Waals surface area (Å²) in [5.41, 5.74) is 2.97. The molecule has 10 heteroatoms. The molecule has 2 atom stereocenters. The van der Waals surface area contributed by atoms with Gasteiger partial charge in [0.1, 0.15) is 11.3 Å². The molecule has 2 aromatic carbocycles. The first-order valence-corrected chi connectivity index (χ1v) is 13.6. The molecule has 0 spiro atoms. The molecule has 2 unspecified atom stereocenters. The second-order valence-electron chi connectivity index (χ2n) is 9.23. The number of hydrogen-bond acceptors (Lipinski definition) is 7. The Balaban J connectivity index is 1.45. The summed E-state index contributed by atoms with van der Waals surface area (Å²) >= 11 is 8.07. The SMILES string of the molecule is N#CCCN1C(=O)N(c2cncc3ccccc23)C(=O)C2SC(c3c(Cl)cccc3-c3cncc(C#N)c3)=CC21. The number of benzene rings is 2. The average molecular weight is 563 g/mol. The molecule has 2 aliphatic heterocycles. The number of pyridine rings is 2. The van der Waals surface area contributed by atoms with Crippen LogP contribution in [0.1, 0.15) is 17.5 Å². The number of anilines is 1. The third-order valence-electron chi connectivity index (χ3n) is 6.94. The summed E-state index contributed by atoms with van der Waals surface area (Å²) in [7, 11) is 0. The van der Waals surface area contributed by atoms with Crippen molar-refractivity contribution in [2.45, 2.75) is 17.7 Å². The molecule has 4 heterocycles. The van der Waals surface area contributed by atoms with Gasteiger partial charge in [0, 0.05) is 57.0 Å². The first kappa shape index (κ1) is 25.6. The maximum atomic E-state index is 14.0. The van der Waals surface area contributed by atoms with E-state index in [1.165, 1.54) is 29.1 Å². The lowest BCUT2D eigenvalue weighted by atomic mass is 9.98. The zero-order valence-electron chi connectivity index (χ0n) is 20.9. The molecule has 1 fully saturated rings. The minimum atomic E-state index is -0.655. The lowest BCUT2D eigenvalue weighted by molar-refractivity contribution is -0.119. The summed E-state index contributed by atoms with van der Waals surface area (Å²) < 4.78 is 0. The van der Waals surface area contributed by atoms with Crippen molar-refractivity contribution in [3.8, 4) is 23.3 Å². The van der Waals surface area contributed by atoms with Gasteiger partial charge >= 0.3 is 6.03 Å². The van der Waals surface area contributed by atoms with Crippen molar-refractivity contribution >= 4 is 56.7 Å². The van der Waals surface area contributed by atoms with Gasteiger partial charge in [0.05, 0.1) is 36.0 Å². The molecular weight excluding hydrogens is 544 g/mol. The molecule has 194 valence electrons. The number of carbonyl (C=O) groups is 2. The van der Waals surface area contributed by atoms with E-state index < -0.39 is 17.3 Å². The number of nitrogens with zero attached hydrogens (tertiary/aromatic N) is 6. The Morgan fingerprint density at radius 2 is 1.82 bits per heavy atom. The number of nitriles is 2. The quantitative estimate of drug-likeness (QED) is 0.292. The Bertz CT molecular complexity index is 1800. The summed E-state index contributed by atoms with van der Waals surface area (Å²) in [6.45, 7) is 0.159. The van der Waals surface area contributed by atoms with Crippen LogP contribution in [-0.2, 0) is 4.79 Å². The molecule has 8 nitrogen and oxygen atoms in total. The molecule has 0 aliphatic carbocycles. The van der Waals surface area contributed by atoms with Crippen LogP contribution in [0.2, 0.25) is 5.02 Å². The van der Waals surface area contributed by atoms with Gasteiger partial charge in [-0.25, -0.2) is 9.69 Å². The second kappa shape index (κ2) is 10.5. The van der Waals surface area contributed by atoms with Gasteiger partial charge in [-0.1, -0.05) is 48.0 Å². The zero-order chi connectivity index (χ0) is 27.8. The largest absolute Gasteiger partial charge is 0.332 e. The highest BCUT2D eigenvalue weighted by molar-refractivity contribution is 8.09. The maximum Gasteiger partial charge on any atom is 0.332 e. The molecule has 0 bridgehead atoms. The predicted octanol–water partition coefficient (Wildman–Crippen LogP) is 6.03. The summed E-state index contributed by atoms with van der Waals surface area (Å²) in [6.07, 6.45) is 8.35. The topological polar surface area (TPSA) is 114 Å². The Kier molecular flexibility index (Phi) is 6.69. The van der Waals surface area contributed by atoms with Crippen molar-refractivity contribution in [1.82, 2.24) is 14.9 Å².